The standard InChI is InChI=1S/C20H12FN3OS/c21-15-4-2-1-3-14(15)12-5-7-16-17(9-12)24-20(25)10-18(23-16)19-8-6-13(11-22)26-19/h1-9H,10H2,(H,24,25). The third-order valence-electron chi connectivity index (χ3n) is 4.04. The molecular formula is C20H12FN3OS. The van der Waals surface area contributed by atoms with Crippen molar-refractivity contribution in [2.75, 3.05) is 5.32 Å². The summed E-state index contributed by atoms with van der Waals surface area (Å²) in [5, 5.41) is 11.8. The van der Waals surface area contributed by atoms with Gasteiger partial charge in [0.25, 0.3) is 0 Å². The molecule has 1 amide bonds. The number of hydrogen-bond donors (Lipinski definition) is 1. The maximum atomic E-state index is 14.0. The smallest absolute Gasteiger partial charge is 0.230 e. The molecule has 1 aliphatic rings. The summed E-state index contributed by atoms with van der Waals surface area (Å²) in [7, 11) is 0. The summed E-state index contributed by atoms with van der Waals surface area (Å²) in [6.45, 7) is 0. The molecule has 0 unspecified atom stereocenters. The second-order valence-corrected chi connectivity index (χ2v) is 6.85. The van der Waals surface area contributed by atoms with Crippen LogP contribution in [-0.4, -0.2) is 11.6 Å². The third-order valence-corrected chi connectivity index (χ3v) is 5.08. The summed E-state index contributed by atoms with van der Waals surface area (Å²) >= 11 is 1.31. The first-order chi connectivity index (χ1) is 12.6. The molecule has 1 aliphatic heterocycles. The van der Waals surface area contributed by atoms with Crippen molar-refractivity contribution >= 4 is 34.3 Å². The summed E-state index contributed by atoms with van der Waals surface area (Å²) in [5.74, 6) is -0.515. The monoisotopic (exact) mass is 361 g/mol. The summed E-state index contributed by atoms with van der Waals surface area (Å²) in [5.41, 5.74) is 2.91. The molecule has 0 atom stereocenters. The number of carbonyl (C=O) groups excluding carboxylic acids is 1. The van der Waals surface area contributed by atoms with Crippen LogP contribution in [-0.2, 0) is 4.79 Å². The SMILES string of the molecule is N#Cc1ccc(C2=Nc3ccc(-c4ccccc4F)cc3NC(=O)C2)s1. The number of thiophene rings is 1. The van der Waals surface area contributed by atoms with Gasteiger partial charge in [-0.15, -0.1) is 11.3 Å². The van der Waals surface area contributed by atoms with Gasteiger partial charge in [-0.1, -0.05) is 24.3 Å². The number of nitrogens with one attached hydrogen (secondary N) is 1. The zero-order valence-corrected chi connectivity index (χ0v) is 14.3. The molecule has 0 spiro atoms. The van der Waals surface area contributed by atoms with Crippen LogP contribution < -0.4 is 5.32 Å². The van der Waals surface area contributed by atoms with Gasteiger partial charge in [-0.3, -0.25) is 4.79 Å². The van der Waals surface area contributed by atoms with Gasteiger partial charge in [-0.2, -0.15) is 5.26 Å². The Morgan fingerprint density at radius 1 is 1.15 bits per heavy atom. The quantitative estimate of drug-likeness (QED) is 0.706. The number of fused-ring (bicyclic) bond motifs is 1. The molecule has 4 rings (SSSR count). The predicted octanol–water partition coefficient (Wildman–Crippen LogP) is 4.89. The molecule has 2 heterocycles. The Morgan fingerprint density at radius 2 is 2.00 bits per heavy atom. The normalized spacial score (nSPS) is 13.2. The molecule has 26 heavy (non-hydrogen) atoms. The summed E-state index contributed by atoms with van der Waals surface area (Å²) < 4.78 is 14.0. The van der Waals surface area contributed by atoms with E-state index < -0.39 is 0 Å². The average molecular weight is 361 g/mol. The van der Waals surface area contributed by atoms with E-state index in [2.05, 4.69) is 16.4 Å². The van der Waals surface area contributed by atoms with Crippen molar-refractivity contribution in [1.29, 1.82) is 5.26 Å². The minimum atomic E-state index is -0.320. The third kappa shape index (κ3) is 3.01. The Labute approximate surface area is 153 Å². The van der Waals surface area contributed by atoms with Crippen LogP contribution in [0.3, 0.4) is 0 Å². The number of rotatable bonds is 2. The fraction of sp³-hybridized carbons (Fsp3) is 0.0500. The summed E-state index contributed by atoms with van der Waals surface area (Å²) in [6, 6.07) is 17.4. The van der Waals surface area contributed by atoms with E-state index in [9.17, 15) is 9.18 Å². The number of halogens is 1. The van der Waals surface area contributed by atoms with E-state index >= 15 is 0 Å². The van der Waals surface area contributed by atoms with E-state index in [4.69, 9.17) is 5.26 Å². The average Bonchev–Trinajstić information content (AvgIpc) is 3.05. The van der Waals surface area contributed by atoms with E-state index in [1.165, 1.54) is 17.4 Å². The lowest BCUT2D eigenvalue weighted by Crippen LogP contribution is -2.14. The maximum Gasteiger partial charge on any atom is 0.230 e. The Morgan fingerprint density at radius 3 is 2.77 bits per heavy atom. The van der Waals surface area contributed by atoms with Crippen LogP contribution in [0.5, 0.6) is 0 Å². The van der Waals surface area contributed by atoms with Gasteiger partial charge < -0.3 is 5.32 Å². The highest BCUT2D eigenvalue weighted by molar-refractivity contribution is 7.14. The van der Waals surface area contributed by atoms with Gasteiger partial charge in [-0.05, 0) is 35.9 Å². The highest BCUT2D eigenvalue weighted by atomic mass is 32.1. The van der Waals surface area contributed by atoms with E-state index in [0.717, 1.165) is 4.88 Å². The van der Waals surface area contributed by atoms with Crippen LogP contribution in [0.25, 0.3) is 11.1 Å². The van der Waals surface area contributed by atoms with Gasteiger partial charge in [0.2, 0.25) is 5.91 Å². The zero-order valence-electron chi connectivity index (χ0n) is 13.5. The van der Waals surface area contributed by atoms with Crippen molar-refractivity contribution in [3.63, 3.8) is 0 Å². The molecule has 0 saturated heterocycles. The molecule has 0 fully saturated rings. The number of nitriles is 1. The Hall–Kier alpha value is -3.30. The lowest BCUT2D eigenvalue weighted by molar-refractivity contribution is -0.115. The van der Waals surface area contributed by atoms with Crippen molar-refractivity contribution < 1.29 is 9.18 Å². The molecule has 1 aromatic heterocycles. The lowest BCUT2D eigenvalue weighted by Gasteiger charge is -2.09. The molecule has 0 radical (unpaired) electrons. The summed E-state index contributed by atoms with van der Waals surface area (Å²) in [6.07, 6.45) is 0.120. The molecule has 2 aromatic carbocycles. The van der Waals surface area contributed by atoms with E-state index in [-0.39, 0.29) is 18.1 Å². The first-order valence-electron chi connectivity index (χ1n) is 7.91. The molecule has 4 nitrogen and oxygen atoms in total. The summed E-state index contributed by atoms with van der Waals surface area (Å²) in [4.78, 5) is 18.3. The maximum absolute atomic E-state index is 14.0. The number of anilines is 1. The van der Waals surface area contributed by atoms with Crippen LogP contribution in [0.2, 0.25) is 0 Å². The van der Waals surface area contributed by atoms with Crippen molar-refractivity contribution in [2.45, 2.75) is 6.42 Å². The number of amides is 1. The van der Waals surface area contributed by atoms with Gasteiger partial charge in [0.1, 0.15) is 16.8 Å². The fourth-order valence-corrected chi connectivity index (χ4v) is 3.61. The molecule has 0 saturated carbocycles. The first kappa shape index (κ1) is 16.2. The molecule has 0 aliphatic carbocycles. The minimum Gasteiger partial charge on any atom is -0.324 e. The molecule has 3 aromatic rings. The van der Waals surface area contributed by atoms with Crippen molar-refractivity contribution in [2.24, 2.45) is 4.99 Å². The van der Waals surface area contributed by atoms with Gasteiger partial charge in [0, 0.05) is 5.56 Å². The molecule has 6 heteroatoms. The number of aliphatic imine (C=N–C) groups is 1. The number of nitrogens with zero attached hydrogens (tertiary/aromatic N) is 2. The zero-order chi connectivity index (χ0) is 18.1. The highest BCUT2D eigenvalue weighted by Gasteiger charge is 2.19. The fourth-order valence-electron chi connectivity index (χ4n) is 2.82. The Bertz CT molecular complexity index is 1090. The van der Waals surface area contributed by atoms with Crippen LogP contribution in [0.4, 0.5) is 15.8 Å². The molecule has 126 valence electrons. The topological polar surface area (TPSA) is 65.2 Å². The number of hydrogen-bond acceptors (Lipinski definition) is 4. The Kier molecular flexibility index (Phi) is 4.07. The van der Waals surface area contributed by atoms with Gasteiger partial charge in [0.15, 0.2) is 0 Å². The van der Waals surface area contributed by atoms with Crippen LogP contribution in [0.15, 0.2) is 59.6 Å². The van der Waals surface area contributed by atoms with E-state index in [1.807, 2.05) is 0 Å². The van der Waals surface area contributed by atoms with Crippen LogP contribution in [0.1, 0.15) is 16.2 Å². The number of carbonyl (C=O) groups is 1. The minimum absolute atomic E-state index is 0.120. The second-order valence-electron chi connectivity index (χ2n) is 5.77. The first-order valence-corrected chi connectivity index (χ1v) is 8.72. The molecule has 0 bridgehead atoms. The Balaban J connectivity index is 1.78. The van der Waals surface area contributed by atoms with Gasteiger partial charge in [-0.25, -0.2) is 9.38 Å². The van der Waals surface area contributed by atoms with Crippen LogP contribution >= 0.6 is 11.3 Å². The van der Waals surface area contributed by atoms with Crippen molar-refractivity contribution in [3.8, 4) is 17.2 Å². The van der Waals surface area contributed by atoms with Crippen molar-refractivity contribution in [1.82, 2.24) is 0 Å². The van der Waals surface area contributed by atoms with E-state index in [0.29, 0.717) is 33.1 Å². The molecular weight excluding hydrogens is 349 g/mol. The lowest BCUT2D eigenvalue weighted by atomic mass is 10.0. The highest BCUT2D eigenvalue weighted by Crippen LogP contribution is 2.35. The van der Waals surface area contributed by atoms with Crippen LogP contribution in [0, 0.1) is 17.1 Å². The van der Waals surface area contributed by atoms with Gasteiger partial charge >= 0.3 is 0 Å². The van der Waals surface area contributed by atoms with Crippen molar-refractivity contribution in [3.05, 3.63) is 70.2 Å². The van der Waals surface area contributed by atoms with Gasteiger partial charge in [0.05, 0.1) is 28.4 Å². The molecule has 1 N–H and O–H groups in total. The van der Waals surface area contributed by atoms with E-state index in [1.54, 1.807) is 48.5 Å². The second kappa shape index (κ2) is 6.54. The largest absolute Gasteiger partial charge is 0.324 e. The number of benzene rings is 2. The predicted molar refractivity (Wildman–Crippen MR) is 100 cm³/mol.